The molecule has 0 spiro atoms. The van der Waals surface area contributed by atoms with Gasteiger partial charge in [0.15, 0.2) is 30.6 Å². The normalized spacial score (nSPS) is 26.3. The van der Waals surface area contributed by atoms with Crippen LogP contribution in [-0.4, -0.2) is 154 Å². The van der Waals surface area contributed by atoms with Crippen molar-refractivity contribution in [2.75, 3.05) is 26.9 Å². The number of aliphatic hydroxyl groups is 1. The summed E-state index contributed by atoms with van der Waals surface area (Å²) in [6, 6.07) is 68.4. The molecule has 0 radical (unpaired) electrons. The molecule has 0 aliphatic carbocycles. The number of methoxy groups -OCH3 is 1. The van der Waals surface area contributed by atoms with Crippen LogP contribution in [0.15, 0.2) is 237 Å². The fourth-order valence-corrected chi connectivity index (χ4v) is 11.9. The predicted octanol–water partition coefficient (Wildman–Crippen LogP) is 10.5. The van der Waals surface area contributed by atoms with E-state index in [0.29, 0.717) is 11.5 Å². The first-order chi connectivity index (χ1) is 47.8. The molecule has 21 nitrogen and oxygen atoms in total. The Morgan fingerprint density at radius 3 is 1.26 bits per heavy atom. The third-order valence-corrected chi connectivity index (χ3v) is 16.8. The summed E-state index contributed by atoms with van der Waals surface area (Å²) in [5, 5.41) is 13.3. The number of fused-ring (bicyclic) bond motifs is 1. The highest BCUT2D eigenvalue weighted by Gasteiger charge is 2.60. The van der Waals surface area contributed by atoms with E-state index < -0.39 is 142 Å². The fourth-order valence-electron chi connectivity index (χ4n) is 11.9. The number of benzene rings is 8. The number of carbonyl (C=O) groups excluding carboxylic acids is 4. The summed E-state index contributed by atoms with van der Waals surface area (Å²) in [5.74, 6) is -3.50. The Morgan fingerprint density at radius 1 is 0.378 bits per heavy atom. The van der Waals surface area contributed by atoms with E-state index >= 15 is 0 Å². The Labute approximate surface area is 567 Å². The molecular weight excluding hydrogens is 1260 g/mol. The largest absolute Gasteiger partial charge is 0.497 e. The van der Waals surface area contributed by atoms with Crippen molar-refractivity contribution in [3.63, 3.8) is 0 Å². The zero-order valence-electron chi connectivity index (χ0n) is 54.0. The van der Waals surface area contributed by atoms with Gasteiger partial charge in [-0.1, -0.05) is 164 Å². The van der Waals surface area contributed by atoms with Gasteiger partial charge < -0.3 is 80.9 Å². The highest BCUT2D eigenvalue weighted by atomic mass is 16.8. The number of rotatable bonds is 27. The summed E-state index contributed by atoms with van der Waals surface area (Å²) in [4.78, 5) is 56.5. The van der Waals surface area contributed by atoms with E-state index in [-0.39, 0.29) is 42.1 Å². The lowest BCUT2D eigenvalue weighted by atomic mass is 9.96. The molecule has 4 heterocycles. The molecule has 12 rings (SSSR count). The monoisotopic (exact) mass is 1340 g/mol. The molecule has 4 aliphatic heterocycles. The molecule has 4 aliphatic rings. The summed E-state index contributed by atoms with van der Waals surface area (Å²) < 4.78 is 105. The lowest BCUT2D eigenvalue weighted by Gasteiger charge is -2.48. The van der Waals surface area contributed by atoms with E-state index in [1.807, 2.05) is 91.0 Å². The van der Waals surface area contributed by atoms with Crippen LogP contribution < -0.4 is 9.47 Å². The second-order valence-corrected chi connectivity index (χ2v) is 24.1. The molecule has 0 unspecified atom stereocenters. The molecule has 510 valence electrons. The molecule has 0 aromatic heterocycles. The van der Waals surface area contributed by atoms with Crippen molar-refractivity contribution in [3.05, 3.63) is 276 Å². The van der Waals surface area contributed by atoms with Crippen molar-refractivity contribution >= 4 is 23.9 Å². The topological polar surface area (TPSA) is 236 Å². The quantitative estimate of drug-likeness (QED) is 0.0372. The van der Waals surface area contributed by atoms with Crippen LogP contribution in [0.5, 0.6) is 11.5 Å². The summed E-state index contributed by atoms with van der Waals surface area (Å²) in [7, 11) is 1.56. The Kier molecular flexibility index (Phi) is 23.1. The van der Waals surface area contributed by atoms with E-state index in [4.69, 9.17) is 75.8 Å². The van der Waals surface area contributed by atoms with Gasteiger partial charge >= 0.3 is 23.9 Å². The molecule has 0 bridgehead atoms. The van der Waals surface area contributed by atoms with Crippen LogP contribution in [0.1, 0.15) is 72.0 Å². The van der Waals surface area contributed by atoms with Gasteiger partial charge in [0.25, 0.3) is 0 Å². The maximum Gasteiger partial charge on any atom is 0.338 e. The Morgan fingerprint density at radius 2 is 0.765 bits per heavy atom. The van der Waals surface area contributed by atoms with E-state index in [0.717, 1.165) is 16.7 Å². The second-order valence-electron chi connectivity index (χ2n) is 24.1. The van der Waals surface area contributed by atoms with Crippen molar-refractivity contribution in [3.8, 4) is 11.5 Å². The van der Waals surface area contributed by atoms with Crippen LogP contribution >= 0.6 is 0 Å². The van der Waals surface area contributed by atoms with Gasteiger partial charge in [-0.3, -0.25) is 0 Å². The van der Waals surface area contributed by atoms with Crippen molar-refractivity contribution in [2.24, 2.45) is 0 Å². The Hall–Kier alpha value is -9.20. The lowest BCUT2D eigenvalue weighted by Crippen LogP contribution is -2.66. The Balaban J connectivity index is 0.917. The van der Waals surface area contributed by atoms with Gasteiger partial charge in [0.1, 0.15) is 85.8 Å². The molecule has 8 aromatic rings. The van der Waals surface area contributed by atoms with Gasteiger partial charge in [-0.25, -0.2) is 19.2 Å². The maximum absolute atomic E-state index is 14.6. The molecule has 4 saturated heterocycles. The number of carbonyl (C=O) groups is 4. The SMILES string of the molecule is COc1ccc(O[C@@H]2O[C@H](CO[C@@H]3O[C@H](COC(=O)c4ccccc4)[C@@H](O[C@@H]4O[C@H](COC(=O)c5ccccc5)[C@@H]5OC(C)(C)O[C@@H]5[C@H]4OC(=O)c4ccccc4)[C@H](O)[C@H]3OC(=O)c3ccccc3)[C@H](OCc3ccccc3)[C@H](OCc3ccccc3)[C@H]2OCc2ccccc2)cc1. The zero-order chi connectivity index (χ0) is 67.8. The zero-order valence-corrected chi connectivity index (χ0v) is 54.0. The van der Waals surface area contributed by atoms with Gasteiger partial charge in [-0.15, -0.1) is 0 Å². The summed E-state index contributed by atoms with van der Waals surface area (Å²) in [5.41, 5.74) is 3.23. The average molecular weight is 1340 g/mol. The third kappa shape index (κ3) is 17.6. The van der Waals surface area contributed by atoms with Crippen LogP contribution in [0.25, 0.3) is 0 Å². The molecule has 4 fully saturated rings. The number of esters is 4. The van der Waals surface area contributed by atoms with Gasteiger partial charge in [-0.05, 0) is 103 Å². The minimum absolute atomic E-state index is 0.0628. The molecule has 0 amide bonds. The van der Waals surface area contributed by atoms with Gasteiger partial charge in [-0.2, -0.15) is 0 Å². The standard InChI is InChI=1S/C77H76O21/c1-77(2)97-64-60(47-88-71(80)53-33-19-8-20-34-53)93-76(69(67(64)98-77)95-73(82)55-37-23-10-24-38-55)96-62-58(46-87-70(79)52-31-17-7-18-32-52)91-74(65(61(62)78)94-72(81)54-35-21-9-22-36-54)89-48-59-63(84-43-49-25-11-4-12-26-49)66(85-44-50-27-13-5-14-28-50)68(86-45-51-29-15-6-16-30-51)75(92-59)90-57-41-39-56(83-3)40-42-57/h4-42,58-69,74-76,78H,43-48H2,1-3H3/t58-,59-,60-,61+,62-,63+,64+,65-,66+,67+,68-,69-,74-,75-,76+/m1/s1. The molecule has 1 N–H and O–H groups in total. The first-order valence-corrected chi connectivity index (χ1v) is 32.3. The molecule has 8 aromatic carbocycles. The summed E-state index contributed by atoms with van der Waals surface area (Å²) >= 11 is 0. The molecular formula is C77H76O21. The van der Waals surface area contributed by atoms with E-state index in [1.165, 1.54) is 12.1 Å². The fraction of sp³-hybridized carbons (Fsp3) is 0.325. The number of hydrogen-bond acceptors (Lipinski definition) is 21. The highest BCUT2D eigenvalue weighted by Crippen LogP contribution is 2.42. The number of ether oxygens (including phenoxy) is 16. The smallest absolute Gasteiger partial charge is 0.338 e. The van der Waals surface area contributed by atoms with Crippen LogP contribution in [-0.2, 0) is 86.1 Å². The maximum atomic E-state index is 14.6. The van der Waals surface area contributed by atoms with E-state index in [2.05, 4.69) is 0 Å². The van der Waals surface area contributed by atoms with Gasteiger partial charge in [0, 0.05) is 0 Å². The molecule has 0 saturated carbocycles. The first kappa shape index (κ1) is 68.7. The molecule has 15 atom stereocenters. The summed E-state index contributed by atoms with van der Waals surface area (Å²) in [6.45, 7) is 2.09. The van der Waals surface area contributed by atoms with E-state index in [9.17, 15) is 24.3 Å². The lowest BCUT2D eigenvalue weighted by molar-refractivity contribution is -0.359. The third-order valence-electron chi connectivity index (χ3n) is 16.8. The second kappa shape index (κ2) is 32.9. The van der Waals surface area contributed by atoms with Crippen LogP contribution in [0.4, 0.5) is 0 Å². The van der Waals surface area contributed by atoms with Gasteiger partial charge in [0.05, 0.1) is 55.8 Å². The average Bonchev–Trinajstić information content (AvgIpc) is 1.54. The van der Waals surface area contributed by atoms with Crippen LogP contribution in [0.2, 0.25) is 0 Å². The summed E-state index contributed by atoms with van der Waals surface area (Å²) in [6.07, 6.45) is -20.8. The first-order valence-electron chi connectivity index (χ1n) is 32.3. The number of aliphatic hydroxyl groups excluding tert-OH is 1. The minimum atomic E-state index is -1.97. The number of hydrogen-bond donors (Lipinski definition) is 1. The van der Waals surface area contributed by atoms with Crippen molar-refractivity contribution in [1.29, 1.82) is 0 Å². The van der Waals surface area contributed by atoms with Crippen LogP contribution in [0.3, 0.4) is 0 Å². The van der Waals surface area contributed by atoms with Crippen molar-refractivity contribution < 1.29 is 100 Å². The molecule has 21 heteroatoms. The van der Waals surface area contributed by atoms with E-state index in [1.54, 1.807) is 154 Å². The minimum Gasteiger partial charge on any atom is -0.497 e. The van der Waals surface area contributed by atoms with Crippen molar-refractivity contribution in [2.45, 2.75) is 132 Å². The van der Waals surface area contributed by atoms with Crippen LogP contribution in [0, 0.1) is 0 Å². The van der Waals surface area contributed by atoms with Crippen molar-refractivity contribution in [1.82, 2.24) is 0 Å². The Bertz CT molecular complexity index is 3800. The predicted molar refractivity (Wildman–Crippen MR) is 350 cm³/mol. The molecule has 98 heavy (non-hydrogen) atoms. The highest BCUT2D eigenvalue weighted by molar-refractivity contribution is 5.91. The van der Waals surface area contributed by atoms with Gasteiger partial charge in [0.2, 0.25) is 6.29 Å².